The van der Waals surface area contributed by atoms with Crippen LogP contribution in [0.5, 0.6) is 0 Å². The molecular weight excluding hydrogens is 274 g/mol. The summed E-state index contributed by atoms with van der Waals surface area (Å²) in [6, 6.07) is 4.27. The molecule has 3 N–H and O–H groups in total. The van der Waals surface area contributed by atoms with Crippen LogP contribution >= 0.6 is 23.6 Å². The Morgan fingerprint density at radius 2 is 2.21 bits per heavy atom. The minimum atomic E-state index is 0.174. The maximum Gasteiger partial charge on any atom is 0.137 e. The molecule has 0 spiro atoms. The Balaban J connectivity index is 2.36. The first kappa shape index (κ1) is 14.0. The first-order valence-corrected chi connectivity index (χ1v) is 7.41. The molecule has 3 nitrogen and oxygen atoms in total. The molecule has 19 heavy (non-hydrogen) atoms. The number of rotatable bonds is 4. The fraction of sp³-hybridized carbons (Fsp3) is 0.286. The van der Waals surface area contributed by atoms with Gasteiger partial charge < -0.3 is 11.1 Å². The van der Waals surface area contributed by atoms with E-state index in [0.29, 0.717) is 4.99 Å². The van der Waals surface area contributed by atoms with Gasteiger partial charge in [0.25, 0.3) is 0 Å². The van der Waals surface area contributed by atoms with Crippen molar-refractivity contribution in [2.45, 2.75) is 26.8 Å². The third-order valence-corrected chi connectivity index (χ3v) is 3.89. The maximum atomic E-state index is 5.81. The van der Waals surface area contributed by atoms with Crippen molar-refractivity contribution >= 4 is 34.4 Å². The summed E-state index contributed by atoms with van der Waals surface area (Å²) in [6.07, 6.45) is 0. The summed E-state index contributed by atoms with van der Waals surface area (Å²) in [4.78, 5) is 4.91. The highest BCUT2D eigenvalue weighted by Crippen LogP contribution is 2.24. The number of aryl methyl sites for hydroxylation is 2. The number of thiocarbonyl (C=S) groups is 1. The number of aromatic nitrogens is 1. The number of anilines is 1. The van der Waals surface area contributed by atoms with Gasteiger partial charge in [-0.15, -0.1) is 0 Å². The standard InChI is InChI=1S/C14H17N3S2/c1-8-6-9(2)16-14(12(8)13(15)18)17-10(3)11-4-5-19-7-11/h4-7,10H,1-3H3,(H2,15,18)(H,16,17). The number of pyridine rings is 1. The number of nitrogens with one attached hydrogen (secondary N) is 1. The van der Waals surface area contributed by atoms with Crippen LogP contribution in [0, 0.1) is 13.8 Å². The van der Waals surface area contributed by atoms with Crippen LogP contribution in [0.2, 0.25) is 0 Å². The van der Waals surface area contributed by atoms with Gasteiger partial charge in [-0.25, -0.2) is 4.98 Å². The molecule has 0 aliphatic heterocycles. The van der Waals surface area contributed by atoms with Crippen molar-refractivity contribution in [1.82, 2.24) is 4.98 Å². The predicted octanol–water partition coefficient (Wildman–Crippen LogP) is 3.57. The molecule has 0 bridgehead atoms. The van der Waals surface area contributed by atoms with Crippen molar-refractivity contribution in [3.63, 3.8) is 0 Å². The van der Waals surface area contributed by atoms with Crippen LogP contribution < -0.4 is 11.1 Å². The van der Waals surface area contributed by atoms with Crippen LogP contribution in [0.3, 0.4) is 0 Å². The third kappa shape index (κ3) is 3.11. The molecule has 5 heteroatoms. The lowest BCUT2D eigenvalue weighted by molar-refractivity contribution is 0.876. The molecule has 0 fully saturated rings. The summed E-state index contributed by atoms with van der Waals surface area (Å²) in [7, 11) is 0. The fourth-order valence-electron chi connectivity index (χ4n) is 2.06. The predicted molar refractivity (Wildman–Crippen MR) is 86.0 cm³/mol. The zero-order chi connectivity index (χ0) is 14.0. The van der Waals surface area contributed by atoms with Crippen LogP contribution in [0.4, 0.5) is 5.82 Å². The first-order valence-electron chi connectivity index (χ1n) is 6.05. The van der Waals surface area contributed by atoms with Crippen LogP contribution in [0.15, 0.2) is 22.9 Å². The highest BCUT2D eigenvalue weighted by molar-refractivity contribution is 7.80. The lowest BCUT2D eigenvalue weighted by atomic mass is 10.1. The van der Waals surface area contributed by atoms with Crippen molar-refractivity contribution in [3.05, 3.63) is 45.3 Å². The Kier molecular flexibility index (Phi) is 4.17. The van der Waals surface area contributed by atoms with E-state index in [1.165, 1.54) is 5.56 Å². The largest absolute Gasteiger partial charge is 0.389 e. The summed E-state index contributed by atoms with van der Waals surface area (Å²) < 4.78 is 0. The highest BCUT2D eigenvalue weighted by atomic mass is 32.1. The van der Waals surface area contributed by atoms with Gasteiger partial charge in [0, 0.05) is 5.69 Å². The maximum absolute atomic E-state index is 5.81. The van der Waals surface area contributed by atoms with E-state index in [-0.39, 0.29) is 6.04 Å². The number of nitrogens with two attached hydrogens (primary N) is 1. The summed E-state index contributed by atoms with van der Waals surface area (Å²) in [5, 5.41) is 7.60. The first-order chi connectivity index (χ1) is 8.99. The normalized spacial score (nSPS) is 12.2. The zero-order valence-electron chi connectivity index (χ0n) is 11.2. The molecule has 0 saturated heterocycles. The Hall–Kier alpha value is -1.46. The van der Waals surface area contributed by atoms with Crippen molar-refractivity contribution in [2.24, 2.45) is 5.73 Å². The van der Waals surface area contributed by atoms with Gasteiger partial charge in [-0.3, -0.25) is 0 Å². The second-order valence-electron chi connectivity index (χ2n) is 4.59. The molecule has 2 rings (SSSR count). The smallest absolute Gasteiger partial charge is 0.137 e. The Morgan fingerprint density at radius 3 is 2.79 bits per heavy atom. The molecule has 0 amide bonds. The average Bonchev–Trinajstić information content (AvgIpc) is 2.80. The summed E-state index contributed by atoms with van der Waals surface area (Å²) in [6.45, 7) is 6.07. The summed E-state index contributed by atoms with van der Waals surface area (Å²) >= 11 is 6.82. The molecule has 1 atom stereocenters. The van der Waals surface area contributed by atoms with Gasteiger partial charge in [0.05, 0.1) is 11.6 Å². The molecule has 0 aromatic carbocycles. The third-order valence-electron chi connectivity index (χ3n) is 2.99. The molecular formula is C14H17N3S2. The molecule has 100 valence electrons. The molecule has 2 aromatic heterocycles. The van der Waals surface area contributed by atoms with E-state index in [1.54, 1.807) is 11.3 Å². The number of thiophene rings is 1. The average molecular weight is 291 g/mol. The van der Waals surface area contributed by atoms with E-state index >= 15 is 0 Å². The van der Waals surface area contributed by atoms with Gasteiger partial charge in [-0.2, -0.15) is 11.3 Å². The van der Waals surface area contributed by atoms with Gasteiger partial charge >= 0.3 is 0 Å². The second kappa shape index (κ2) is 5.67. The van der Waals surface area contributed by atoms with Crippen LogP contribution in [0.25, 0.3) is 0 Å². The Morgan fingerprint density at radius 1 is 1.47 bits per heavy atom. The van der Waals surface area contributed by atoms with E-state index < -0.39 is 0 Å². The van der Waals surface area contributed by atoms with Crippen molar-refractivity contribution in [3.8, 4) is 0 Å². The minimum absolute atomic E-state index is 0.174. The number of hydrogen-bond acceptors (Lipinski definition) is 4. The molecule has 0 saturated carbocycles. The van der Waals surface area contributed by atoms with Gasteiger partial charge in [0.2, 0.25) is 0 Å². The fourth-order valence-corrected chi connectivity index (χ4v) is 3.07. The van der Waals surface area contributed by atoms with Crippen LogP contribution in [-0.2, 0) is 0 Å². The zero-order valence-corrected chi connectivity index (χ0v) is 12.9. The van der Waals surface area contributed by atoms with Gasteiger partial charge in [-0.1, -0.05) is 12.2 Å². The second-order valence-corrected chi connectivity index (χ2v) is 5.81. The summed E-state index contributed by atoms with van der Waals surface area (Å²) in [5.74, 6) is 0.767. The summed E-state index contributed by atoms with van der Waals surface area (Å²) in [5.41, 5.74) is 9.90. The topological polar surface area (TPSA) is 50.9 Å². The monoisotopic (exact) mass is 291 g/mol. The van der Waals surface area contributed by atoms with Gasteiger partial charge in [0.15, 0.2) is 0 Å². The number of hydrogen-bond donors (Lipinski definition) is 2. The van der Waals surface area contributed by atoms with Gasteiger partial charge in [0.1, 0.15) is 10.8 Å². The lowest BCUT2D eigenvalue weighted by Crippen LogP contribution is -2.18. The van der Waals surface area contributed by atoms with E-state index in [0.717, 1.165) is 22.6 Å². The van der Waals surface area contributed by atoms with Crippen molar-refractivity contribution in [1.29, 1.82) is 0 Å². The Labute approximate surface area is 122 Å². The molecule has 2 heterocycles. The SMILES string of the molecule is Cc1cc(C)c(C(N)=S)c(NC(C)c2ccsc2)n1. The molecule has 0 aliphatic rings. The molecule has 2 aromatic rings. The van der Waals surface area contributed by atoms with E-state index in [2.05, 4.69) is 34.1 Å². The van der Waals surface area contributed by atoms with Crippen LogP contribution in [0.1, 0.15) is 35.3 Å². The highest BCUT2D eigenvalue weighted by Gasteiger charge is 2.14. The van der Waals surface area contributed by atoms with E-state index in [1.807, 2.05) is 19.9 Å². The van der Waals surface area contributed by atoms with Crippen molar-refractivity contribution in [2.75, 3.05) is 5.32 Å². The Bertz CT molecular complexity index is 591. The van der Waals surface area contributed by atoms with E-state index in [4.69, 9.17) is 18.0 Å². The van der Waals surface area contributed by atoms with Crippen molar-refractivity contribution < 1.29 is 0 Å². The van der Waals surface area contributed by atoms with E-state index in [9.17, 15) is 0 Å². The molecule has 0 aliphatic carbocycles. The number of nitrogens with zero attached hydrogens (tertiary/aromatic N) is 1. The quantitative estimate of drug-likeness (QED) is 0.846. The molecule has 1 unspecified atom stereocenters. The minimum Gasteiger partial charge on any atom is -0.389 e. The molecule has 0 radical (unpaired) electrons. The van der Waals surface area contributed by atoms with Crippen LogP contribution in [-0.4, -0.2) is 9.97 Å². The van der Waals surface area contributed by atoms with Gasteiger partial charge in [-0.05, 0) is 54.8 Å². The lowest BCUT2D eigenvalue weighted by Gasteiger charge is -2.18.